The van der Waals surface area contributed by atoms with Crippen LogP contribution in [0.3, 0.4) is 0 Å². The van der Waals surface area contributed by atoms with Crippen molar-refractivity contribution in [3.8, 4) is 11.6 Å². The standard InChI is InChI=1S/C20H24N4O2S/c1-2-3-7-12-21-18(25)15-27-20-23-22-19(17-11-8-13-26-17)24(20)14-16-9-5-4-6-10-16/h4-6,8-11,13H,2-3,7,12,14-15H2,1H3,(H,21,25). The molecule has 0 radical (unpaired) electrons. The Hall–Kier alpha value is -2.54. The second-order valence-corrected chi connectivity index (χ2v) is 7.14. The van der Waals surface area contributed by atoms with Crippen molar-refractivity contribution in [3.05, 3.63) is 54.3 Å². The Kier molecular flexibility index (Phi) is 7.10. The third kappa shape index (κ3) is 5.47. The van der Waals surface area contributed by atoms with Gasteiger partial charge in [-0.25, -0.2) is 0 Å². The Morgan fingerprint density at radius 2 is 2.00 bits per heavy atom. The predicted octanol–water partition coefficient (Wildman–Crippen LogP) is 3.98. The van der Waals surface area contributed by atoms with Gasteiger partial charge in [-0.1, -0.05) is 61.9 Å². The average Bonchev–Trinajstić information content (AvgIpc) is 3.34. The predicted molar refractivity (Wildman–Crippen MR) is 107 cm³/mol. The Morgan fingerprint density at radius 1 is 1.15 bits per heavy atom. The molecule has 0 aliphatic rings. The topological polar surface area (TPSA) is 73.0 Å². The van der Waals surface area contributed by atoms with Gasteiger partial charge in [0.15, 0.2) is 10.9 Å². The minimum absolute atomic E-state index is 0.0184. The van der Waals surface area contributed by atoms with Gasteiger partial charge in [0.1, 0.15) is 0 Å². The maximum Gasteiger partial charge on any atom is 0.230 e. The minimum Gasteiger partial charge on any atom is -0.461 e. The highest BCUT2D eigenvalue weighted by Crippen LogP contribution is 2.25. The van der Waals surface area contributed by atoms with Gasteiger partial charge in [-0.15, -0.1) is 10.2 Å². The van der Waals surface area contributed by atoms with Crippen molar-refractivity contribution in [1.29, 1.82) is 0 Å². The first-order chi connectivity index (χ1) is 13.3. The number of thioether (sulfide) groups is 1. The van der Waals surface area contributed by atoms with E-state index in [2.05, 4.69) is 34.6 Å². The number of nitrogens with one attached hydrogen (secondary N) is 1. The number of hydrogen-bond acceptors (Lipinski definition) is 5. The van der Waals surface area contributed by atoms with Gasteiger partial charge in [0.25, 0.3) is 0 Å². The van der Waals surface area contributed by atoms with E-state index in [1.54, 1.807) is 6.26 Å². The molecule has 1 aromatic carbocycles. The number of hydrogen-bond donors (Lipinski definition) is 1. The normalized spacial score (nSPS) is 10.9. The number of unbranched alkanes of at least 4 members (excludes halogenated alkanes) is 2. The molecule has 0 unspecified atom stereocenters. The van der Waals surface area contributed by atoms with Gasteiger partial charge in [-0.2, -0.15) is 0 Å². The van der Waals surface area contributed by atoms with Gasteiger partial charge in [0.05, 0.1) is 18.6 Å². The molecule has 7 heteroatoms. The number of amides is 1. The molecule has 0 saturated carbocycles. The molecule has 1 amide bonds. The van der Waals surface area contributed by atoms with Crippen LogP contribution in [0.4, 0.5) is 0 Å². The fourth-order valence-electron chi connectivity index (χ4n) is 2.68. The Morgan fingerprint density at radius 3 is 2.74 bits per heavy atom. The van der Waals surface area contributed by atoms with Crippen molar-refractivity contribution in [2.75, 3.05) is 12.3 Å². The lowest BCUT2D eigenvalue weighted by atomic mass is 10.2. The molecule has 0 atom stereocenters. The summed E-state index contributed by atoms with van der Waals surface area (Å²) < 4.78 is 7.49. The summed E-state index contributed by atoms with van der Waals surface area (Å²) >= 11 is 1.39. The fourth-order valence-corrected chi connectivity index (χ4v) is 3.44. The van der Waals surface area contributed by atoms with Crippen LogP contribution in [0.15, 0.2) is 58.3 Å². The summed E-state index contributed by atoms with van der Waals surface area (Å²) in [6.07, 6.45) is 4.90. The molecular weight excluding hydrogens is 360 g/mol. The molecule has 0 saturated heterocycles. The van der Waals surface area contributed by atoms with Crippen molar-refractivity contribution in [1.82, 2.24) is 20.1 Å². The minimum atomic E-state index is 0.0184. The second-order valence-electron chi connectivity index (χ2n) is 6.20. The Labute approximate surface area is 163 Å². The highest BCUT2D eigenvalue weighted by Gasteiger charge is 2.17. The maximum atomic E-state index is 12.1. The summed E-state index contributed by atoms with van der Waals surface area (Å²) in [4.78, 5) is 12.1. The summed E-state index contributed by atoms with van der Waals surface area (Å²) in [6.45, 7) is 3.49. The van der Waals surface area contributed by atoms with Crippen LogP contribution in [-0.4, -0.2) is 33.0 Å². The third-order valence-electron chi connectivity index (χ3n) is 4.08. The zero-order valence-electron chi connectivity index (χ0n) is 15.4. The first kappa shape index (κ1) is 19.2. The van der Waals surface area contributed by atoms with Crippen LogP contribution in [-0.2, 0) is 11.3 Å². The second kappa shape index (κ2) is 9.97. The molecule has 0 fully saturated rings. The molecular formula is C20H24N4O2S. The molecule has 2 aromatic heterocycles. The molecule has 0 bridgehead atoms. The smallest absolute Gasteiger partial charge is 0.230 e. The SMILES string of the molecule is CCCCCNC(=O)CSc1nnc(-c2ccco2)n1Cc1ccccc1. The quantitative estimate of drug-likeness (QED) is 0.423. The molecule has 6 nitrogen and oxygen atoms in total. The van der Waals surface area contributed by atoms with Crippen molar-refractivity contribution < 1.29 is 9.21 Å². The molecule has 2 heterocycles. The number of rotatable bonds is 10. The summed E-state index contributed by atoms with van der Waals surface area (Å²) in [5.41, 5.74) is 1.14. The number of furan rings is 1. The van der Waals surface area contributed by atoms with Crippen LogP contribution in [0.1, 0.15) is 31.7 Å². The van der Waals surface area contributed by atoms with Crippen LogP contribution in [0.25, 0.3) is 11.6 Å². The van der Waals surface area contributed by atoms with Gasteiger partial charge in [-0.05, 0) is 24.1 Å². The van der Waals surface area contributed by atoms with Crippen LogP contribution in [0.5, 0.6) is 0 Å². The molecule has 0 aliphatic carbocycles. The van der Waals surface area contributed by atoms with Crippen molar-refractivity contribution in [3.63, 3.8) is 0 Å². The van der Waals surface area contributed by atoms with Crippen molar-refractivity contribution in [2.45, 2.75) is 37.9 Å². The van der Waals surface area contributed by atoms with Crippen LogP contribution < -0.4 is 5.32 Å². The summed E-state index contributed by atoms with van der Waals surface area (Å²) in [5, 5.41) is 12.2. The van der Waals surface area contributed by atoms with Gasteiger partial charge >= 0.3 is 0 Å². The molecule has 3 rings (SSSR count). The maximum absolute atomic E-state index is 12.1. The molecule has 27 heavy (non-hydrogen) atoms. The van der Waals surface area contributed by atoms with Crippen LogP contribution >= 0.6 is 11.8 Å². The molecule has 3 aromatic rings. The number of carbonyl (C=O) groups excluding carboxylic acids is 1. The van der Waals surface area contributed by atoms with Gasteiger partial charge in [0.2, 0.25) is 11.7 Å². The monoisotopic (exact) mass is 384 g/mol. The first-order valence-electron chi connectivity index (χ1n) is 9.18. The molecule has 142 valence electrons. The highest BCUT2D eigenvalue weighted by atomic mass is 32.2. The molecule has 0 spiro atoms. The summed E-state index contributed by atoms with van der Waals surface area (Å²) in [5.74, 6) is 1.66. The van der Waals surface area contributed by atoms with E-state index in [0.29, 0.717) is 29.0 Å². The molecule has 1 N–H and O–H groups in total. The lowest BCUT2D eigenvalue weighted by molar-refractivity contribution is -0.118. The first-order valence-corrected chi connectivity index (χ1v) is 10.2. The van der Waals surface area contributed by atoms with Crippen LogP contribution in [0, 0.1) is 0 Å². The van der Waals surface area contributed by atoms with E-state index in [1.807, 2.05) is 34.9 Å². The van der Waals surface area contributed by atoms with Gasteiger partial charge in [-0.3, -0.25) is 9.36 Å². The Balaban J connectivity index is 1.70. The van der Waals surface area contributed by atoms with E-state index >= 15 is 0 Å². The number of aromatic nitrogens is 3. The lowest BCUT2D eigenvalue weighted by Gasteiger charge is -2.09. The van der Waals surface area contributed by atoms with Crippen molar-refractivity contribution in [2.24, 2.45) is 0 Å². The van der Waals surface area contributed by atoms with E-state index in [1.165, 1.54) is 11.8 Å². The lowest BCUT2D eigenvalue weighted by Crippen LogP contribution is -2.26. The zero-order chi connectivity index (χ0) is 18.9. The Bertz CT molecular complexity index is 831. The highest BCUT2D eigenvalue weighted by molar-refractivity contribution is 7.99. The number of benzene rings is 1. The summed E-state index contributed by atoms with van der Waals surface area (Å²) in [6, 6.07) is 13.8. The zero-order valence-corrected chi connectivity index (χ0v) is 16.2. The van der Waals surface area contributed by atoms with E-state index in [-0.39, 0.29) is 5.91 Å². The van der Waals surface area contributed by atoms with Crippen LogP contribution in [0.2, 0.25) is 0 Å². The van der Waals surface area contributed by atoms with Gasteiger partial charge in [0, 0.05) is 6.54 Å². The summed E-state index contributed by atoms with van der Waals surface area (Å²) in [7, 11) is 0. The average molecular weight is 385 g/mol. The van der Waals surface area contributed by atoms with E-state index in [9.17, 15) is 4.79 Å². The number of carbonyl (C=O) groups is 1. The largest absolute Gasteiger partial charge is 0.461 e. The fraction of sp³-hybridized carbons (Fsp3) is 0.350. The third-order valence-corrected chi connectivity index (χ3v) is 5.04. The van der Waals surface area contributed by atoms with E-state index < -0.39 is 0 Å². The van der Waals surface area contributed by atoms with Gasteiger partial charge < -0.3 is 9.73 Å². The van der Waals surface area contributed by atoms with Crippen molar-refractivity contribution >= 4 is 17.7 Å². The van der Waals surface area contributed by atoms with E-state index in [0.717, 1.165) is 31.4 Å². The number of nitrogens with zero attached hydrogens (tertiary/aromatic N) is 3. The van der Waals surface area contributed by atoms with E-state index in [4.69, 9.17) is 4.42 Å². The molecule has 0 aliphatic heterocycles.